The Hall–Kier alpha value is -2.58. The fraction of sp³-hybridized carbons (Fsp3) is 0.409. The smallest absolute Gasteiger partial charge is 0.338 e. The lowest BCUT2D eigenvalue weighted by Crippen LogP contribution is -2.35. The zero-order valence-corrected chi connectivity index (χ0v) is 18.1. The number of methoxy groups -OCH3 is 1. The Balaban J connectivity index is 1.60. The van der Waals surface area contributed by atoms with Gasteiger partial charge in [-0.2, -0.15) is 4.31 Å². The average molecular weight is 434 g/mol. The van der Waals surface area contributed by atoms with Crippen LogP contribution >= 0.6 is 0 Å². The molecule has 0 bridgehead atoms. The van der Waals surface area contributed by atoms with Gasteiger partial charge in [0.2, 0.25) is 10.0 Å². The van der Waals surface area contributed by atoms with Gasteiger partial charge in [0.25, 0.3) is 0 Å². The molecule has 162 valence electrons. The predicted molar refractivity (Wildman–Crippen MR) is 113 cm³/mol. The molecule has 0 aromatic heterocycles. The molecule has 1 saturated heterocycles. The van der Waals surface area contributed by atoms with Crippen LogP contribution in [0.5, 0.6) is 11.5 Å². The molecule has 2 aromatic rings. The van der Waals surface area contributed by atoms with Crippen molar-refractivity contribution < 1.29 is 27.4 Å². The van der Waals surface area contributed by atoms with Crippen molar-refractivity contribution in [2.45, 2.75) is 31.1 Å². The number of rotatable bonds is 8. The summed E-state index contributed by atoms with van der Waals surface area (Å²) in [7, 11) is -2.02. The van der Waals surface area contributed by atoms with Crippen LogP contribution in [0.2, 0.25) is 0 Å². The first-order valence-corrected chi connectivity index (χ1v) is 11.4. The number of nitrogens with zero attached hydrogens (tertiary/aromatic N) is 1. The molecule has 0 spiro atoms. The van der Waals surface area contributed by atoms with Crippen LogP contribution in [-0.2, 0) is 14.8 Å². The van der Waals surface area contributed by atoms with Gasteiger partial charge in [-0.1, -0.05) is 12.5 Å². The van der Waals surface area contributed by atoms with E-state index in [4.69, 9.17) is 14.2 Å². The van der Waals surface area contributed by atoms with Crippen molar-refractivity contribution in [3.8, 4) is 11.5 Å². The summed E-state index contributed by atoms with van der Waals surface area (Å²) < 4.78 is 43.2. The van der Waals surface area contributed by atoms with Gasteiger partial charge in [0.15, 0.2) is 0 Å². The average Bonchev–Trinajstić information content (AvgIpc) is 2.77. The van der Waals surface area contributed by atoms with Crippen molar-refractivity contribution in [1.29, 1.82) is 0 Å². The molecule has 1 aliphatic heterocycles. The van der Waals surface area contributed by atoms with Crippen LogP contribution in [0.1, 0.15) is 35.2 Å². The van der Waals surface area contributed by atoms with Crippen molar-refractivity contribution in [2.24, 2.45) is 0 Å². The quantitative estimate of drug-likeness (QED) is 0.469. The SMILES string of the molecule is COc1ccc(OCCOC(=O)c2cc(S(=O)(=O)N3CCCCC3)ccc2C)cc1. The second-order valence-corrected chi connectivity index (χ2v) is 9.04. The minimum Gasteiger partial charge on any atom is -0.497 e. The van der Waals surface area contributed by atoms with E-state index in [1.165, 1.54) is 10.4 Å². The van der Waals surface area contributed by atoms with Crippen LogP contribution in [0.3, 0.4) is 0 Å². The summed E-state index contributed by atoms with van der Waals surface area (Å²) in [6, 6.07) is 11.7. The minimum absolute atomic E-state index is 0.0490. The molecule has 0 radical (unpaired) electrons. The van der Waals surface area contributed by atoms with E-state index < -0.39 is 16.0 Å². The highest BCUT2D eigenvalue weighted by Gasteiger charge is 2.27. The molecule has 8 heteroatoms. The number of sulfonamides is 1. The van der Waals surface area contributed by atoms with Crippen LogP contribution in [0.25, 0.3) is 0 Å². The van der Waals surface area contributed by atoms with E-state index in [9.17, 15) is 13.2 Å². The van der Waals surface area contributed by atoms with Gasteiger partial charge in [0, 0.05) is 13.1 Å². The number of hydrogen-bond acceptors (Lipinski definition) is 6. The molecule has 0 amide bonds. The molecule has 0 N–H and O–H groups in total. The lowest BCUT2D eigenvalue weighted by Gasteiger charge is -2.26. The monoisotopic (exact) mass is 433 g/mol. The largest absolute Gasteiger partial charge is 0.497 e. The fourth-order valence-corrected chi connectivity index (χ4v) is 4.82. The first-order chi connectivity index (χ1) is 14.4. The third-order valence-electron chi connectivity index (χ3n) is 5.03. The summed E-state index contributed by atoms with van der Waals surface area (Å²) in [4.78, 5) is 12.6. The highest BCUT2D eigenvalue weighted by molar-refractivity contribution is 7.89. The Morgan fingerprint density at radius 3 is 2.30 bits per heavy atom. The Morgan fingerprint density at radius 1 is 0.967 bits per heavy atom. The molecule has 30 heavy (non-hydrogen) atoms. The lowest BCUT2D eigenvalue weighted by atomic mass is 10.1. The first-order valence-electron chi connectivity index (χ1n) is 9.96. The third-order valence-corrected chi connectivity index (χ3v) is 6.92. The van der Waals surface area contributed by atoms with Crippen molar-refractivity contribution in [3.63, 3.8) is 0 Å². The lowest BCUT2D eigenvalue weighted by molar-refractivity contribution is 0.0449. The molecule has 0 atom stereocenters. The number of ether oxygens (including phenoxy) is 3. The van der Waals surface area contributed by atoms with Crippen molar-refractivity contribution in [3.05, 3.63) is 53.6 Å². The van der Waals surface area contributed by atoms with Crippen molar-refractivity contribution in [1.82, 2.24) is 4.31 Å². The maximum absolute atomic E-state index is 12.9. The van der Waals surface area contributed by atoms with E-state index >= 15 is 0 Å². The van der Waals surface area contributed by atoms with E-state index in [-0.39, 0.29) is 23.7 Å². The van der Waals surface area contributed by atoms with Gasteiger partial charge >= 0.3 is 5.97 Å². The van der Waals surface area contributed by atoms with E-state index in [1.807, 2.05) is 0 Å². The molecule has 0 saturated carbocycles. The standard InChI is InChI=1S/C22H27NO6S/c1-17-6-11-20(30(25,26)23-12-4-3-5-13-23)16-21(17)22(24)29-15-14-28-19-9-7-18(27-2)8-10-19/h6-11,16H,3-5,12-15H2,1-2H3. The minimum atomic E-state index is -3.61. The molecule has 0 unspecified atom stereocenters. The fourth-order valence-electron chi connectivity index (χ4n) is 3.28. The molecule has 1 heterocycles. The zero-order valence-electron chi connectivity index (χ0n) is 17.3. The summed E-state index contributed by atoms with van der Waals surface area (Å²) in [5.41, 5.74) is 0.909. The van der Waals surface area contributed by atoms with Crippen LogP contribution < -0.4 is 9.47 Å². The number of aryl methyl sites for hydroxylation is 1. The van der Waals surface area contributed by atoms with Crippen molar-refractivity contribution >= 4 is 16.0 Å². The summed E-state index contributed by atoms with van der Waals surface area (Å²) >= 11 is 0. The molecule has 2 aromatic carbocycles. The maximum Gasteiger partial charge on any atom is 0.338 e. The molecular weight excluding hydrogens is 406 g/mol. The van der Waals surface area contributed by atoms with Crippen LogP contribution in [0, 0.1) is 6.92 Å². The predicted octanol–water partition coefficient (Wildman–Crippen LogP) is 3.41. The summed E-state index contributed by atoms with van der Waals surface area (Å²) in [5.74, 6) is 0.794. The maximum atomic E-state index is 12.9. The Labute approximate surface area is 177 Å². The number of piperidine rings is 1. The van der Waals surface area contributed by atoms with Gasteiger partial charge < -0.3 is 14.2 Å². The Morgan fingerprint density at radius 2 is 1.63 bits per heavy atom. The molecular formula is C22H27NO6S. The van der Waals surface area contributed by atoms with Gasteiger partial charge in [-0.25, -0.2) is 13.2 Å². The molecule has 1 fully saturated rings. The number of benzene rings is 2. The first kappa shape index (κ1) is 22.1. The van der Waals surface area contributed by atoms with Crippen LogP contribution in [-0.4, -0.2) is 52.1 Å². The highest BCUT2D eigenvalue weighted by atomic mass is 32.2. The summed E-state index contributed by atoms with van der Waals surface area (Å²) in [6.07, 6.45) is 2.75. The van der Waals surface area contributed by atoms with Crippen molar-refractivity contribution in [2.75, 3.05) is 33.4 Å². The number of esters is 1. The van der Waals surface area contributed by atoms with Crippen LogP contribution in [0.4, 0.5) is 0 Å². The number of carbonyl (C=O) groups excluding carboxylic acids is 1. The van der Waals surface area contributed by atoms with E-state index in [1.54, 1.807) is 50.4 Å². The Kier molecular flexibility index (Phi) is 7.33. The zero-order chi connectivity index (χ0) is 21.6. The second-order valence-electron chi connectivity index (χ2n) is 7.10. The van der Waals surface area contributed by atoms with Crippen LogP contribution in [0.15, 0.2) is 47.4 Å². The highest BCUT2D eigenvalue weighted by Crippen LogP contribution is 2.23. The molecule has 0 aliphatic carbocycles. The normalized spacial score (nSPS) is 14.9. The van der Waals surface area contributed by atoms with E-state index in [2.05, 4.69) is 0 Å². The number of carbonyl (C=O) groups is 1. The molecule has 7 nitrogen and oxygen atoms in total. The topological polar surface area (TPSA) is 82.1 Å². The third kappa shape index (κ3) is 5.31. The van der Waals surface area contributed by atoms with E-state index in [0.29, 0.717) is 24.4 Å². The second kappa shape index (κ2) is 9.95. The molecule has 3 rings (SSSR count). The van der Waals surface area contributed by atoms with Gasteiger partial charge in [-0.05, 0) is 61.7 Å². The van der Waals surface area contributed by atoms with Gasteiger partial charge in [-0.3, -0.25) is 0 Å². The van der Waals surface area contributed by atoms with Gasteiger partial charge in [0.05, 0.1) is 17.6 Å². The summed E-state index contributed by atoms with van der Waals surface area (Å²) in [5, 5.41) is 0. The van der Waals surface area contributed by atoms with E-state index in [0.717, 1.165) is 25.0 Å². The van der Waals surface area contributed by atoms with Gasteiger partial charge in [0.1, 0.15) is 24.7 Å². The molecule has 1 aliphatic rings. The summed E-state index contributed by atoms with van der Waals surface area (Å²) in [6.45, 7) is 3.01. The van der Waals surface area contributed by atoms with Gasteiger partial charge in [-0.15, -0.1) is 0 Å². The number of hydrogen-bond donors (Lipinski definition) is 0. The Bertz CT molecular complexity index is 966.